The van der Waals surface area contributed by atoms with Crippen LogP contribution in [0.5, 0.6) is 0 Å². The summed E-state index contributed by atoms with van der Waals surface area (Å²) in [6.07, 6.45) is -48.8. The lowest BCUT2D eigenvalue weighted by Gasteiger charge is -2.46. The molecule has 0 N–H and O–H groups in total. The van der Waals surface area contributed by atoms with Gasteiger partial charge in [-0.1, -0.05) is 84.8 Å². The van der Waals surface area contributed by atoms with Crippen LogP contribution in [0.2, 0.25) is 0 Å². The monoisotopic (exact) mass is 1170 g/mol. The van der Waals surface area contributed by atoms with Gasteiger partial charge in [0.05, 0.1) is 44.5 Å². The first kappa shape index (κ1) is 62.4. The van der Waals surface area contributed by atoms with Crippen molar-refractivity contribution >= 4 is 49.6 Å². The number of hydrogen-bond donors (Lipinski definition) is 0. The SMILES string of the molecule is FC(F)(F)c1cc([B-](c2cc(C(F)(F)F)cc(C(F)(F)F)c2)(c2cc(C(F)(F)F)cc(C(F)(F)F)c2)c2cc(C(F)(F)F)cc(C(F)(F)F)c2)cc(C(F)(F)F)c1.O=[N+]([O-])CCCCCCCCO[n+]1csc2ccccc21. The maximum Gasteiger partial charge on any atom is 0.416 e. The molecule has 0 radical (unpaired) electrons. The Morgan fingerprint density at radius 2 is 0.679 bits per heavy atom. The first-order valence-corrected chi connectivity index (χ1v) is 22.9. The van der Waals surface area contributed by atoms with Gasteiger partial charge in [0.15, 0.2) is 6.61 Å². The minimum atomic E-state index is -6.13. The molecule has 0 spiro atoms. The maximum absolute atomic E-state index is 14.2. The van der Waals surface area contributed by atoms with Crippen LogP contribution >= 0.6 is 11.3 Å². The number of fused-ring (bicyclic) bond motifs is 1. The van der Waals surface area contributed by atoms with E-state index in [0.29, 0.717) is 13.0 Å². The van der Waals surface area contributed by atoms with Gasteiger partial charge in [0.1, 0.15) is 10.8 Å². The highest BCUT2D eigenvalue weighted by molar-refractivity contribution is 7.20. The Kier molecular flexibility index (Phi) is 18.2. The molecular formula is C47H33BF24N2O3S. The summed E-state index contributed by atoms with van der Waals surface area (Å²) in [5.74, 6) is 0. The number of alkyl halides is 24. The average molecular weight is 1170 g/mol. The maximum atomic E-state index is 14.2. The topological polar surface area (TPSA) is 56.3 Å². The first-order valence-electron chi connectivity index (χ1n) is 22.0. The summed E-state index contributed by atoms with van der Waals surface area (Å²) in [4.78, 5) is 15.7. The number of halogens is 24. The molecule has 426 valence electrons. The van der Waals surface area contributed by atoms with Crippen molar-refractivity contribution in [3.8, 4) is 0 Å². The number of aromatic nitrogens is 1. The molecule has 5 nitrogen and oxygen atoms in total. The van der Waals surface area contributed by atoms with Gasteiger partial charge in [-0.25, -0.2) is 0 Å². The molecular weight excluding hydrogens is 1140 g/mol. The van der Waals surface area contributed by atoms with E-state index in [1.807, 2.05) is 22.4 Å². The fourth-order valence-corrected chi connectivity index (χ4v) is 9.10. The number of nitrogens with zero attached hydrogens (tertiary/aromatic N) is 2. The number of thiazole rings is 1. The number of unbranched alkanes of at least 4 members (excludes halogenated alkanes) is 5. The Balaban J connectivity index is 0.000000443. The molecule has 0 saturated carbocycles. The lowest BCUT2D eigenvalue weighted by Crippen LogP contribution is -2.75. The molecule has 0 fully saturated rings. The molecule has 31 heteroatoms. The van der Waals surface area contributed by atoms with Gasteiger partial charge >= 0.3 is 49.4 Å². The molecule has 0 saturated heterocycles. The zero-order chi connectivity index (χ0) is 58.8. The van der Waals surface area contributed by atoms with E-state index in [2.05, 4.69) is 12.1 Å². The van der Waals surface area contributed by atoms with E-state index in [1.165, 1.54) is 4.70 Å². The van der Waals surface area contributed by atoms with Crippen molar-refractivity contribution in [1.82, 2.24) is 0 Å². The quantitative estimate of drug-likeness (QED) is 0.0273. The molecule has 6 rings (SSSR count). The van der Waals surface area contributed by atoms with Gasteiger partial charge < -0.3 is 0 Å². The highest BCUT2D eigenvalue weighted by atomic mass is 32.1. The zero-order valence-corrected chi connectivity index (χ0v) is 39.5. The molecule has 6 aromatic rings. The summed E-state index contributed by atoms with van der Waals surface area (Å²) in [6.45, 7) is 0.811. The Morgan fingerprint density at radius 1 is 0.410 bits per heavy atom. The third-order valence-corrected chi connectivity index (χ3v) is 12.7. The van der Waals surface area contributed by atoms with Crippen LogP contribution in [0.3, 0.4) is 0 Å². The Bertz CT molecular complexity index is 2620. The van der Waals surface area contributed by atoms with E-state index in [0.717, 1.165) is 37.6 Å². The Hall–Kier alpha value is -6.43. The number of benzene rings is 5. The second-order valence-corrected chi connectivity index (χ2v) is 18.1. The first-order chi connectivity index (χ1) is 35.5. The predicted molar refractivity (Wildman–Crippen MR) is 233 cm³/mol. The van der Waals surface area contributed by atoms with Gasteiger partial charge in [-0.3, -0.25) is 15.0 Å². The molecule has 0 aliphatic rings. The van der Waals surface area contributed by atoms with Crippen molar-refractivity contribution in [2.24, 2.45) is 0 Å². The molecule has 78 heavy (non-hydrogen) atoms. The lowest BCUT2D eigenvalue weighted by molar-refractivity contribution is -0.868. The van der Waals surface area contributed by atoms with E-state index in [9.17, 15) is 115 Å². The van der Waals surface area contributed by atoms with E-state index < -0.39 is 195 Å². The van der Waals surface area contributed by atoms with Crippen LogP contribution in [0.15, 0.2) is 103 Å². The molecule has 0 atom stereocenters. The van der Waals surface area contributed by atoms with Gasteiger partial charge in [-0.05, 0) is 49.6 Å². The standard InChI is InChI=1S/C32H12BF24.C15H21N2O3S/c34-25(35,36)13-1-14(26(37,38)39)6-21(5-13)33(22-7-15(27(40,41)42)2-16(8-22)28(43,44)45,23-9-17(29(46,47)48)3-18(10-23)30(49,50)51)24-11-19(31(52,53)54)4-20(12-24)32(55,56)57;18-17(19)11-7-3-1-2-4-8-12-20-16-13-21-15-10-6-5-9-14(15)16/h1-12H;5-6,9-10,13H,1-4,7-8,11-12H2/q-1;+1. The number of rotatable bonds is 14. The van der Waals surface area contributed by atoms with Crippen LogP contribution in [-0.4, -0.2) is 24.2 Å². The van der Waals surface area contributed by atoms with Crippen LogP contribution < -0.4 is 31.4 Å². The van der Waals surface area contributed by atoms with Crippen molar-refractivity contribution < 1.29 is 120 Å². The van der Waals surface area contributed by atoms with Crippen LogP contribution in [0.25, 0.3) is 10.2 Å². The third kappa shape index (κ3) is 15.4. The average Bonchev–Trinajstić information content (AvgIpc) is 3.71. The third-order valence-electron chi connectivity index (χ3n) is 11.8. The van der Waals surface area contributed by atoms with E-state index in [4.69, 9.17) is 4.84 Å². The summed E-state index contributed by atoms with van der Waals surface area (Å²) in [5.41, 5.74) is -27.1. The minimum absolute atomic E-state index is 0.102. The Labute approximate surface area is 427 Å². The van der Waals surface area contributed by atoms with Crippen molar-refractivity contribution in [3.63, 3.8) is 0 Å². The second kappa shape index (κ2) is 22.7. The molecule has 5 aromatic carbocycles. The van der Waals surface area contributed by atoms with E-state index in [-0.39, 0.29) is 11.5 Å². The fourth-order valence-electron chi connectivity index (χ4n) is 8.28. The Morgan fingerprint density at radius 3 is 0.962 bits per heavy atom. The molecule has 0 bridgehead atoms. The number of nitro groups is 1. The largest absolute Gasteiger partial charge is 0.416 e. The predicted octanol–water partition coefficient (Wildman–Crippen LogP) is 14.4. The molecule has 1 heterocycles. The zero-order valence-electron chi connectivity index (χ0n) is 38.6. The summed E-state index contributed by atoms with van der Waals surface area (Å²) in [5, 5.41) is 10.2. The smallest absolute Gasteiger partial charge is 0.270 e. The normalized spacial score (nSPS) is 13.4. The summed E-state index contributed by atoms with van der Waals surface area (Å²) in [7, 11) is 0. The number of hydrogen-bond acceptors (Lipinski definition) is 4. The van der Waals surface area contributed by atoms with E-state index in [1.54, 1.807) is 11.3 Å². The summed E-state index contributed by atoms with van der Waals surface area (Å²) < 4.78 is 344. The van der Waals surface area contributed by atoms with Crippen LogP contribution in [0, 0.1) is 10.1 Å². The molecule has 0 unspecified atom stereocenters. The van der Waals surface area contributed by atoms with Crippen LogP contribution in [-0.2, 0) is 49.4 Å². The number of para-hydroxylation sites is 1. The van der Waals surface area contributed by atoms with E-state index >= 15 is 0 Å². The molecule has 0 amide bonds. The van der Waals surface area contributed by atoms with Crippen LogP contribution in [0.4, 0.5) is 105 Å². The van der Waals surface area contributed by atoms with Crippen LogP contribution in [0.1, 0.15) is 83.0 Å². The molecule has 0 aliphatic carbocycles. The summed E-state index contributed by atoms with van der Waals surface area (Å²) in [6, 6.07) is -0.622. The second-order valence-electron chi connectivity index (χ2n) is 17.3. The van der Waals surface area contributed by atoms with Gasteiger partial charge in [0, 0.05) is 22.1 Å². The van der Waals surface area contributed by atoms with Gasteiger partial charge in [0.2, 0.25) is 6.54 Å². The van der Waals surface area contributed by atoms with Gasteiger partial charge in [-0.15, -0.1) is 0 Å². The van der Waals surface area contributed by atoms with Crippen molar-refractivity contribution in [2.45, 2.75) is 87.9 Å². The lowest BCUT2D eigenvalue weighted by atomic mass is 9.12. The van der Waals surface area contributed by atoms with Gasteiger partial charge in [0.25, 0.3) is 11.0 Å². The highest BCUT2D eigenvalue weighted by Crippen LogP contribution is 2.41. The molecule has 1 aromatic heterocycles. The van der Waals surface area contributed by atoms with Crippen molar-refractivity contribution in [2.75, 3.05) is 13.2 Å². The molecule has 0 aliphatic heterocycles. The fraction of sp³-hybridized carbons (Fsp3) is 0.340. The van der Waals surface area contributed by atoms with Gasteiger partial charge in [-0.2, -0.15) is 127 Å². The van der Waals surface area contributed by atoms with Crippen molar-refractivity contribution in [3.05, 3.63) is 157 Å². The minimum Gasteiger partial charge on any atom is -0.270 e. The summed E-state index contributed by atoms with van der Waals surface area (Å²) >= 11 is 1.68. The highest BCUT2D eigenvalue weighted by Gasteiger charge is 2.47. The van der Waals surface area contributed by atoms with Crippen molar-refractivity contribution in [1.29, 1.82) is 0 Å².